The summed E-state index contributed by atoms with van der Waals surface area (Å²) in [4.78, 5) is 0. The van der Waals surface area contributed by atoms with Crippen LogP contribution >= 0.6 is 0 Å². The minimum Gasteiger partial charge on any atom is -0.206 e. The molecule has 0 atom stereocenters. The average Bonchev–Trinajstić information content (AvgIpc) is 2.32. The lowest BCUT2D eigenvalue weighted by Gasteiger charge is -1.94. The monoisotopic (exact) mass is 232 g/mol. The highest BCUT2D eigenvalue weighted by atomic mass is 19.2. The Morgan fingerprint density at radius 1 is 0.706 bits per heavy atom. The van der Waals surface area contributed by atoms with Crippen LogP contribution in [0.5, 0.6) is 0 Å². The van der Waals surface area contributed by atoms with Gasteiger partial charge in [0.25, 0.3) is 0 Å². The standard InChI is InChI=1S/C14H7F3/c15-12-4-2-1-3-11(12)7-5-10-6-8-13(16)14(17)9-10/h1-4,6,8-9H. The Bertz CT molecular complexity index is 606. The van der Waals surface area contributed by atoms with Gasteiger partial charge in [-0.15, -0.1) is 0 Å². The molecule has 2 aromatic rings. The van der Waals surface area contributed by atoms with E-state index >= 15 is 0 Å². The quantitative estimate of drug-likeness (QED) is 0.610. The van der Waals surface area contributed by atoms with Crippen LogP contribution in [0.25, 0.3) is 0 Å². The fourth-order valence-electron chi connectivity index (χ4n) is 1.28. The molecule has 0 aliphatic rings. The molecule has 0 nitrogen and oxygen atoms in total. The second kappa shape index (κ2) is 4.75. The van der Waals surface area contributed by atoms with Crippen molar-refractivity contribution in [1.29, 1.82) is 0 Å². The van der Waals surface area contributed by atoms with Crippen LogP contribution in [0.3, 0.4) is 0 Å². The Morgan fingerprint density at radius 2 is 1.47 bits per heavy atom. The van der Waals surface area contributed by atoms with Crippen LogP contribution in [-0.2, 0) is 0 Å². The fourth-order valence-corrected chi connectivity index (χ4v) is 1.28. The highest BCUT2D eigenvalue weighted by Gasteiger charge is 2.00. The molecule has 0 heterocycles. The summed E-state index contributed by atoms with van der Waals surface area (Å²) >= 11 is 0. The fraction of sp³-hybridized carbons (Fsp3) is 0. The molecule has 3 heteroatoms. The minimum absolute atomic E-state index is 0.220. The van der Waals surface area contributed by atoms with Gasteiger partial charge in [0, 0.05) is 5.56 Å². The molecular formula is C14H7F3. The molecule has 0 N–H and O–H groups in total. The zero-order valence-corrected chi connectivity index (χ0v) is 8.68. The highest BCUT2D eigenvalue weighted by Crippen LogP contribution is 2.08. The summed E-state index contributed by atoms with van der Waals surface area (Å²) in [6.45, 7) is 0. The predicted octanol–water partition coefficient (Wildman–Crippen LogP) is 3.50. The van der Waals surface area contributed by atoms with Gasteiger partial charge in [0.15, 0.2) is 11.6 Å². The molecule has 2 aromatic carbocycles. The first-order chi connectivity index (χ1) is 8.16. The summed E-state index contributed by atoms with van der Waals surface area (Å²) in [7, 11) is 0. The summed E-state index contributed by atoms with van der Waals surface area (Å²) in [6.07, 6.45) is 0. The predicted molar refractivity (Wildman–Crippen MR) is 58.7 cm³/mol. The van der Waals surface area contributed by atoms with Gasteiger partial charge in [-0.2, -0.15) is 0 Å². The Kier molecular flexibility index (Phi) is 3.15. The van der Waals surface area contributed by atoms with Gasteiger partial charge < -0.3 is 0 Å². The lowest BCUT2D eigenvalue weighted by Crippen LogP contribution is -1.85. The second-order valence-corrected chi connectivity index (χ2v) is 3.36. The summed E-state index contributed by atoms with van der Waals surface area (Å²) in [5.74, 6) is 2.80. The van der Waals surface area contributed by atoms with Crippen molar-refractivity contribution in [2.24, 2.45) is 0 Å². The summed E-state index contributed by atoms with van der Waals surface area (Å²) in [5.41, 5.74) is 0.518. The topological polar surface area (TPSA) is 0 Å². The molecule has 0 amide bonds. The molecule has 0 bridgehead atoms. The maximum absolute atomic E-state index is 13.2. The van der Waals surface area contributed by atoms with Crippen molar-refractivity contribution in [3.63, 3.8) is 0 Å². The first-order valence-electron chi connectivity index (χ1n) is 4.88. The first-order valence-corrected chi connectivity index (χ1v) is 4.88. The number of benzene rings is 2. The number of rotatable bonds is 0. The van der Waals surface area contributed by atoms with E-state index in [2.05, 4.69) is 11.8 Å². The maximum atomic E-state index is 13.2. The van der Waals surface area contributed by atoms with Crippen molar-refractivity contribution >= 4 is 0 Å². The first kappa shape index (κ1) is 11.3. The Balaban J connectivity index is 2.33. The molecule has 0 saturated heterocycles. The Morgan fingerprint density at radius 3 is 2.18 bits per heavy atom. The largest absolute Gasteiger partial charge is 0.206 e. The van der Waals surface area contributed by atoms with E-state index in [1.807, 2.05) is 0 Å². The van der Waals surface area contributed by atoms with Crippen molar-refractivity contribution in [1.82, 2.24) is 0 Å². The lowest BCUT2D eigenvalue weighted by molar-refractivity contribution is 0.508. The van der Waals surface area contributed by atoms with E-state index in [1.165, 1.54) is 18.2 Å². The Labute approximate surface area is 96.7 Å². The van der Waals surface area contributed by atoms with E-state index in [4.69, 9.17) is 0 Å². The number of halogens is 3. The summed E-state index contributed by atoms with van der Waals surface area (Å²) in [6, 6.07) is 9.31. The van der Waals surface area contributed by atoms with Gasteiger partial charge in [0.2, 0.25) is 0 Å². The SMILES string of the molecule is Fc1ccc(C#Cc2ccccc2F)cc1F. The molecule has 0 aromatic heterocycles. The van der Waals surface area contributed by atoms with Crippen molar-refractivity contribution in [3.05, 3.63) is 71.0 Å². The van der Waals surface area contributed by atoms with Crippen LogP contribution in [0.1, 0.15) is 11.1 Å². The molecular weight excluding hydrogens is 225 g/mol. The van der Waals surface area contributed by atoms with Gasteiger partial charge >= 0.3 is 0 Å². The zero-order chi connectivity index (χ0) is 12.3. The van der Waals surface area contributed by atoms with Gasteiger partial charge in [0.1, 0.15) is 5.82 Å². The van der Waals surface area contributed by atoms with Crippen molar-refractivity contribution in [2.75, 3.05) is 0 Å². The molecule has 0 saturated carbocycles. The van der Waals surface area contributed by atoms with Gasteiger partial charge in [-0.1, -0.05) is 24.0 Å². The van der Waals surface area contributed by atoms with Crippen molar-refractivity contribution < 1.29 is 13.2 Å². The molecule has 0 aliphatic heterocycles. The van der Waals surface area contributed by atoms with Crippen LogP contribution in [0.15, 0.2) is 42.5 Å². The number of hydrogen-bond donors (Lipinski definition) is 0. The smallest absolute Gasteiger partial charge is 0.160 e. The van der Waals surface area contributed by atoms with Crippen LogP contribution in [0.4, 0.5) is 13.2 Å². The van der Waals surface area contributed by atoms with E-state index in [1.54, 1.807) is 12.1 Å². The van der Waals surface area contributed by atoms with Crippen LogP contribution in [0.2, 0.25) is 0 Å². The van der Waals surface area contributed by atoms with Crippen LogP contribution in [-0.4, -0.2) is 0 Å². The molecule has 0 aliphatic carbocycles. The Hall–Kier alpha value is -2.21. The molecule has 0 unspecified atom stereocenters. The average molecular weight is 232 g/mol. The molecule has 0 fully saturated rings. The molecule has 2 rings (SSSR count). The van der Waals surface area contributed by atoms with Crippen molar-refractivity contribution in [3.8, 4) is 11.8 Å². The molecule has 17 heavy (non-hydrogen) atoms. The molecule has 84 valence electrons. The van der Waals surface area contributed by atoms with Gasteiger partial charge in [-0.25, -0.2) is 13.2 Å². The van der Waals surface area contributed by atoms with Crippen LogP contribution < -0.4 is 0 Å². The maximum Gasteiger partial charge on any atom is 0.160 e. The third-order valence-electron chi connectivity index (χ3n) is 2.13. The lowest BCUT2D eigenvalue weighted by atomic mass is 10.1. The van der Waals surface area contributed by atoms with Gasteiger partial charge in [0.05, 0.1) is 5.56 Å². The summed E-state index contributed by atoms with van der Waals surface area (Å²) in [5, 5.41) is 0. The minimum atomic E-state index is -0.967. The zero-order valence-electron chi connectivity index (χ0n) is 8.68. The third-order valence-corrected chi connectivity index (χ3v) is 2.13. The highest BCUT2D eigenvalue weighted by molar-refractivity contribution is 5.43. The van der Waals surface area contributed by atoms with Gasteiger partial charge in [-0.05, 0) is 30.3 Å². The van der Waals surface area contributed by atoms with Gasteiger partial charge in [-0.3, -0.25) is 0 Å². The van der Waals surface area contributed by atoms with E-state index < -0.39 is 17.5 Å². The summed E-state index contributed by atoms with van der Waals surface area (Å²) < 4.78 is 38.7. The van der Waals surface area contributed by atoms with Crippen molar-refractivity contribution in [2.45, 2.75) is 0 Å². The molecule has 0 radical (unpaired) electrons. The molecule has 0 spiro atoms. The van der Waals surface area contributed by atoms with Crippen LogP contribution in [0, 0.1) is 29.3 Å². The van der Waals surface area contributed by atoms with E-state index in [-0.39, 0.29) is 5.56 Å². The third kappa shape index (κ3) is 2.67. The van der Waals surface area contributed by atoms with E-state index in [0.29, 0.717) is 5.56 Å². The second-order valence-electron chi connectivity index (χ2n) is 3.36. The van der Waals surface area contributed by atoms with E-state index in [0.717, 1.165) is 12.1 Å². The normalized spacial score (nSPS) is 9.59. The number of hydrogen-bond acceptors (Lipinski definition) is 0. The van der Waals surface area contributed by atoms with E-state index in [9.17, 15) is 13.2 Å².